The van der Waals surface area contributed by atoms with Crippen molar-refractivity contribution in [3.05, 3.63) is 325 Å². The summed E-state index contributed by atoms with van der Waals surface area (Å²) in [5, 5.41) is 12.1. The van der Waals surface area contributed by atoms with Crippen LogP contribution in [0.1, 0.15) is 41.5 Å². The predicted molar refractivity (Wildman–Crippen MR) is 371 cm³/mol. The van der Waals surface area contributed by atoms with Crippen molar-refractivity contribution in [3.63, 3.8) is 0 Å². The molecule has 0 fully saturated rings. The Balaban J connectivity index is 0.952. The van der Waals surface area contributed by atoms with Gasteiger partial charge in [0.15, 0.2) is 0 Å². The van der Waals surface area contributed by atoms with Crippen LogP contribution in [-0.4, -0.2) is 20.6 Å². The van der Waals surface area contributed by atoms with Crippen LogP contribution in [0.15, 0.2) is 303 Å². The number of anilines is 2. The van der Waals surface area contributed by atoms with Crippen molar-refractivity contribution >= 4 is 103 Å². The van der Waals surface area contributed by atoms with E-state index in [-0.39, 0.29) is 6.04 Å². The maximum Gasteiger partial charge on any atom is 0.235 e. The Bertz CT molecular complexity index is 5420. The number of hydrogen-bond acceptors (Lipinski definition) is 4. The highest BCUT2D eigenvalue weighted by atomic mass is 32.1. The van der Waals surface area contributed by atoms with E-state index in [1.54, 1.807) is 0 Å². The maximum atomic E-state index is 5.66. The summed E-state index contributed by atoms with van der Waals surface area (Å²) >= 11 is 1.94. The molecule has 0 saturated carbocycles. The van der Waals surface area contributed by atoms with Crippen LogP contribution in [0.3, 0.4) is 0 Å². The van der Waals surface area contributed by atoms with Crippen LogP contribution in [0.2, 0.25) is 0 Å². The lowest BCUT2D eigenvalue weighted by molar-refractivity contribution is 0.692. The number of hydrogen-bond donors (Lipinski definition) is 0. The van der Waals surface area contributed by atoms with Crippen LogP contribution in [-0.2, 0) is 5.41 Å². The minimum atomic E-state index is -0.482. The van der Waals surface area contributed by atoms with Crippen molar-refractivity contribution < 1.29 is 0 Å². The zero-order chi connectivity index (χ0) is 57.9. The third-order valence-corrected chi connectivity index (χ3v) is 20.3. The van der Waals surface area contributed by atoms with E-state index in [0.29, 0.717) is 5.95 Å². The molecule has 0 spiro atoms. The van der Waals surface area contributed by atoms with Crippen molar-refractivity contribution in [3.8, 4) is 39.6 Å². The molecule has 0 saturated heterocycles. The molecule has 4 nitrogen and oxygen atoms in total. The smallest absolute Gasteiger partial charge is 0.235 e. The summed E-state index contributed by atoms with van der Waals surface area (Å²) in [6.45, 7) is 0. The van der Waals surface area contributed by atoms with E-state index in [4.69, 9.17) is 9.97 Å². The van der Waals surface area contributed by atoms with Gasteiger partial charge in [0.2, 0.25) is 5.95 Å². The molecule has 3 aliphatic carbocycles. The first kappa shape index (κ1) is 50.6. The van der Waals surface area contributed by atoms with Crippen LogP contribution >= 0.6 is 11.3 Å². The van der Waals surface area contributed by atoms with Gasteiger partial charge in [-0.25, -0.2) is 9.97 Å². The van der Waals surface area contributed by atoms with E-state index in [2.05, 4.69) is 307 Å². The largest absolute Gasteiger partial charge is 0.333 e. The van der Waals surface area contributed by atoms with Gasteiger partial charge in [-0.15, -0.1) is 11.3 Å². The van der Waals surface area contributed by atoms with Gasteiger partial charge in [-0.3, -0.25) is 4.57 Å². The van der Waals surface area contributed by atoms with Gasteiger partial charge >= 0.3 is 0 Å². The van der Waals surface area contributed by atoms with Gasteiger partial charge in [-0.1, -0.05) is 279 Å². The first-order chi connectivity index (χ1) is 43.7. The normalized spacial score (nSPS) is 16.2. The molecule has 2 atom stereocenters. The zero-order valence-corrected chi connectivity index (χ0v) is 49.0. The molecule has 0 radical (unpaired) electrons. The Morgan fingerprint density at radius 1 is 0.466 bits per heavy atom. The number of benzene rings is 12. The monoisotopic (exact) mass is 1140 g/mol. The topological polar surface area (TPSA) is 34.0 Å². The number of allylic oxidation sites excluding steroid dienone is 6. The molecule has 0 bridgehead atoms. The average Bonchev–Trinajstić information content (AvgIpc) is 1.55. The standard InChI is InChI=1S/C83H56N4S/c1-6-25-53(26-7-1)54-45-47-59(48-46-54)86(60-49-50-64-63-37-22-23-43-70(63)83(71(64)51-60,57-31-12-4-13-32-57)58-33-14-5-15-34-58)74-44-24-42-69-75-66-39-19-21-41-68(66)79-77(81(75)88-80(69)74)76-65-38-18-16-35-61(65)62-36-17-20-40-67(62)78(76)87(79)82-84-72(55-27-8-2-9-28-55)52-73(85-82)56-29-10-3-11-30-56/h1-14,16-33,35-47,49-52,59H,15,34,48H2. The van der Waals surface area contributed by atoms with Crippen LogP contribution in [0.4, 0.5) is 11.4 Å². The number of rotatable bonds is 9. The Kier molecular flexibility index (Phi) is 11.6. The first-order valence-corrected chi connectivity index (χ1v) is 31.5. The summed E-state index contributed by atoms with van der Waals surface area (Å²) < 4.78 is 4.93. The highest BCUT2D eigenvalue weighted by Crippen LogP contribution is 2.60. The van der Waals surface area contributed by atoms with Crippen molar-refractivity contribution in [1.29, 1.82) is 0 Å². The van der Waals surface area contributed by atoms with E-state index < -0.39 is 5.41 Å². The lowest BCUT2D eigenvalue weighted by Crippen LogP contribution is -2.32. The molecule has 414 valence electrons. The maximum absolute atomic E-state index is 5.66. The number of aromatic nitrogens is 3. The summed E-state index contributed by atoms with van der Waals surface area (Å²) in [6, 6.07) is 96.2. The Morgan fingerprint density at radius 3 is 1.70 bits per heavy atom. The van der Waals surface area contributed by atoms with Gasteiger partial charge in [0.05, 0.1) is 44.3 Å². The third kappa shape index (κ3) is 7.57. The highest BCUT2D eigenvalue weighted by molar-refractivity contribution is 7.27. The fraction of sp³-hybridized carbons (Fsp3) is 0.0602. The molecule has 2 unspecified atom stereocenters. The van der Waals surface area contributed by atoms with Crippen molar-refractivity contribution in [1.82, 2.24) is 14.5 Å². The molecule has 12 aromatic carbocycles. The molecule has 3 aromatic heterocycles. The van der Waals surface area contributed by atoms with Crippen molar-refractivity contribution in [2.75, 3.05) is 4.90 Å². The number of fused-ring (bicyclic) bond motifs is 18. The summed E-state index contributed by atoms with van der Waals surface area (Å²) in [7, 11) is 0. The van der Waals surface area contributed by atoms with Crippen LogP contribution < -0.4 is 4.90 Å². The third-order valence-electron chi connectivity index (χ3n) is 19.1. The second-order valence-corrected chi connectivity index (χ2v) is 24.7. The Labute approximate surface area is 514 Å². The van der Waals surface area contributed by atoms with Crippen LogP contribution in [0.25, 0.3) is 119 Å². The second kappa shape index (κ2) is 20.2. The summed E-state index contributed by atoms with van der Waals surface area (Å²) in [4.78, 5) is 14.0. The molecular formula is C83H56N4S. The molecule has 15 aromatic rings. The summed E-state index contributed by atoms with van der Waals surface area (Å²) in [5.41, 5.74) is 18.4. The van der Waals surface area contributed by atoms with Crippen molar-refractivity contribution in [2.24, 2.45) is 0 Å². The van der Waals surface area contributed by atoms with Crippen LogP contribution in [0.5, 0.6) is 0 Å². The molecule has 3 heterocycles. The second-order valence-electron chi connectivity index (χ2n) is 23.7. The lowest BCUT2D eigenvalue weighted by Gasteiger charge is -2.38. The van der Waals surface area contributed by atoms with E-state index >= 15 is 0 Å². The number of nitrogens with zero attached hydrogens (tertiary/aromatic N) is 4. The fourth-order valence-corrected chi connectivity index (χ4v) is 16.7. The Hall–Kier alpha value is -10.7. The minimum absolute atomic E-state index is 0.00473. The quantitative estimate of drug-likeness (QED) is 0.135. The average molecular weight is 1140 g/mol. The minimum Gasteiger partial charge on any atom is -0.333 e. The van der Waals surface area contributed by atoms with E-state index in [1.807, 2.05) is 11.3 Å². The SMILES string of the molecule is C1=CCCC(C2(c3ccccc3)c3ccccc3-c3ccc(N(c4cccc5c4sc4c5c5ccccc5c5c4c4c6ccccc6c6ccccc6c4n5-c4nc(-c5ccccc5)cc(-c5ccccc5)n4)C4C=CC(c5ccccc5)=CC4)cc32)=C1. The Morgan fingerprint density at radius 2 is 1.03 bits per heavy atom. The molecular weight excluding hydrogens is 1090 g/mol. The van der Waals surface area contributed by atoms with Gasteiger partial charge in [-0.2, -0.15) is 0 Å². The molecule has 0 aliphatic heterocycles. The summed E-state index contributed by atoms with van der Waals surface area (Å²) in [6.07, 6.45) is 17.1. The predicted octanol–water partition coefficient (Wildman–Crippen LogP) is 21.9. The van der Waals surface area contributed by atoms with Crippen LogP contribution in [0, 0.1) is 0 Å². The fourth-order valence-electron chi connectivity index (χ4n) is 15.3. The lowest BCUT2D eigenvalue weighted by atomic mass is 9.65. The molecule has 0 N–H and O–H groups in total. The van der Waals surface area contributed by atoms with Gasteiger partial charge in [0, 0.05) is 53.8 Å². The van der Waals surface area contributed by atoms with E-state index in [9.17, 15) is 0 Å². The van der Waals surface area contributed by atoms with Gasteiger partial charge in [0.1, 0.15) is 0 Å². The van der Waals surface area contributed by atoms with E-state index in [1.165, 1.54) is 108 Å². The van der Waals surface area contributed by atoms with Crippen molar-refractivity contribution in [2.45, 2.75) is 30.7 Å². The zero-order valence-electron chi connectivity index (χ0n) is 48.2. The molecule has 3 aliphatic rings. The van der Waals surface area contributed by atoms with Gasteiger partial charge in [0.25, 0.3) is 0 Å². The summed E-state index contributed by atoms with van der Waals surface area (Å²) in [5.74, 6) is 0.635. The van der Waals surface area contributed by atoms with Gasteiger partial charge < -0.3 is 4.90 Å². The molecule has 18 rings (SSSR count). The molecule has 88 heavy (non-hydrogen) atoms. The highest BCUT2D eigenvalue weighted by Gasteiger charge is 2.47. The van der Waals surface area contributed by atoms with E-state index in [0.717, 1.165) is 63.6 Å². The molecule has 0 amide bonds. The van der Waals surface area contributed by atoms with Gasteiger partial charge in [-0.05, 0) is 104 Å². The first-order valence-electron chi connectivity index (χ1n) is 30.7. The molecule has 5 heteroatoms. The number of thiophene rings is 1.